The summed E-state index contributed by atoms with van der Waals surface area (Å²) in [5.41, 5.74) is 0. The fraction of sp³-hybridized carbons (Fsp3) is 0.700. The molecule has 94 valence electrons. The van der Waals surface area contributed by atoms with Gasteiger partial charge in [-0.2, -0.15) is 0 Å². The number of nitrogens with zero attached hydrogens (tertiary/aromatic N) is 3. The molecule has 1 aromatic rings. The molecule has 1 atom stereocenters. The van der Waals surface area contributed by atoms with Gasteiger partial charge in [0.2, 0.25) is 11.0 Å². The number of nitrogens with one attached hydrogen (secondary N) is 2. The minimum Gasteiger partial charge on any atom is -0.360 e. The number of carbonyl (C=O) groups excluding carboxylic acids is 1. The van der Waals surface area contributed by atoms with Crippen LogP contribution in [0.25, 0.3) is 0 Å². The van der Waals surface area contributed by atoms with Gasteiger partial charge in [-0.3, -0.25) is 9.69 Å². The number of rotatable bonds is 4. The van der Waals surface area contributed by atoms with E-state index < -0.39 is 0 Å². The fourth-order valence-corrected chi connectivity index (χ4v) is 2.59. The first kappa shape index (κ1) is 12.3. The topological polar surface area (TPSA) is 70.2 Å². The Kier molecular flexibility index (Phi) is 3.90. The molecule has 1 aliphatic rings. The molecule has 0 saturated carbocycles. The van der Waals surface area contributed by atoms with Crippen LogP contribution in [0.3, 0.4) is 0 Å². The minimum atomic E-state index is -0.0877. The average molecular weight is 255 g/mol. The van der Waals surface area contributed by atoms with Gasteiger partial charge in [0.25, 0.3) is 0 Å². The maximum absolute atomic E-state index is 11.5. The van der Waals surface area contributed by atoms with Crippen molar-refractivity contribution in [3.63, 3.8) is 0 Å². The molecule has 2 N–H and O–H groups in total. The number of aromatic nitrogens is 2. The molecule has 1 saturated heterocycles. The Labute approximate surface area is 104 Å². The Bertz CT molecular complexity index is 394. The SMILES string of the molecule is CCNc1nnc(CN2CCNC(=O)C2C)s1. The molecule has 0 radical (unpaired) electrons. The average Bonchev–Trinajstić information content (AvgIpc) is 2.73. The van der Waals surface area contributed by atoms with E-state index in [0.717, 1.165) is 23.2 Å². The zero-order valence-corrected chi connectivity index (χ0v) is 10.9. The lowest BCUT2D eigenvalue weighted by Crippen LogP contribution is -2.53. The lowest BCUT2D eigenvalue weighted by atomic mass is 10.2. The second-order valence-electron chi connectivity index (χ2n) is 3.97. The quantitative estimate of drug-likeness (QED) is 0.809. The molecule has 2 rings (SSSR count). The summed E-state index contributed by atoms with van der Waals surface area (Å²) in [6, 6.07) is -0.0877. The van der Waals surface area contributed by atoms with E-state index in [0.29, 0.717) is 13.1 Å². The van der Waals surface area contributed by atoms with Gasteiger partial charge in [0.05, 0.1) is 12.6 Å². The van der Waals surface area contributed by atoms with Crippen molar-refractivity contribution in [2.75, 3.05) is 25.0 Å². The van der Waals surface area contributed by atoms with Gasteiger partial charge in [0, 0.05) is 19.6 Å². The summed E-state index contributed by atoms with van der Waals surface area (Å²) in [6.07, 6.45) is 0. The van der Waals surface area contributed by atoms with Crippen LogP contribution >= 0.6 is 11.3 Å². The van der Waals surface area contributed by atoms with Crippen LogP contribution in [0.2, 0.25) is 0 Å². The predicted molar refractivity (Wildman–Crippen MR) is 67.0 cm³/mol. The molecule has 0 aliphatic carbocycles. The van der Waals surface area contributed by atoms with E-state index in [9.17, 15) is 4.79 Å². The Morgan fingerprint density at radius 1 is 1.59 bits per heavy atom. The predicted octanol–water partition coefficient (Wildman–Crippen LogP) is 0.290. The number of anilines is 1. The Hall–Kier alpha value is -1.21. The molecule has 0 spiro atoms. The molecule has 1 aliphatic heterocycles. The summed E-state index contributed by atoms with van der Waals surface area (Å²) in [6.45, 7) is 7.05. The highest BCUT2D eigenvalue weighted by Gasteiger charge is 2.26. The van der Waals surface area contributed by atoms with Crippen molar-refractivity contribution in [1.82, 2.24) is 20.4 Å². The van der Waals surface area contributed by atoms with Crippen LogP contribution in [0.4, 0.5) is 5.13 Å². The van der Waals surface area contributed by atoms with Crippen LogP contribution in [0.5, 0.6) is 0 Å². The van der Waals surface area contributed by atoms with E-state index in [1.54, 1.807) is 11.3 Å². The molecule has 1 unspecified atom stereocenters. The highest BCUT2D eigenvalue weighted by molar-refractivity contribution is 7.15. The largest absolute Gasteiger partial charge is 0.360 e. The van der Waals surface area contributed by atoms with Gasteiger partial charge in [0.1, 0.15) is 5.01 Å². The van der Waals surface area contributed by atoms with Crippen LogP contribution in [-0.2, 0) is 11.3 Å². The zero-order valence-electron chi connectivity index (χ0n) is 10.1. The Morgan fingerprint density at radius 2 is 2.41 bits per heavy atom. The van der Waals surface area contributed by atoms with Crippen LogP contribution in [0.1, 0.15) is 18.9 Å². The van der Waals surface area contributed by atoms with E-state index >= 15 is 0 Å². The molecule has 7 heteroatoms. The molecule has 1 amide bonds. The summed E-state index contributed by atoms with van der Waals surface area (Å²) >= 11 is 1.55. The van der Waals surface area contributed by atoms with Crippen molar-refractivity contribution < 1.29 is 4.79 Å². The van der Waals surface area contributed by atoms with Crippen LogP contribution in [0.15, 0.2) is 0 Å². The number of hydrogen-bond donors (Lipinski definition) is 2. The van der Waals surface area contributed by atoms with Crippen LogP contribution < -0.4 is 10.6 Å². The second kappa shape index (κ2) is 5.42. The minimum absolute atomic E-state index is 0.0877. The summed E-state index contributed by atoms with van der Waals surface area (Å²) in [4.78, 5) is 13.6. The summed E-state index contributed by atoms with van der Waals surface area (Å²) in [5, 5.41) is 15.9. The maximum atomic E-state index is 11.5. The van der Waals surface area contributed by atoms with Gasteiger partial charge in [-0.15, -0.1) is 10.2 Å². The van der Waals surface area contributed by atoms with Crippen LogP contribution in [-0.4, -0.2) is 46.7 Å². The van der Waals surface area contributed by atoms with E-state index in [4.69, 9.17) is 0 Å². The normalized spacial score (nSPS) is 21.3. The first-order valence-electron chi connectivity index (χ1n) is 5.78. The third kappa shape index (κ3) is 2.92. The Balaban J connectivity index is 1.97. The van der Waals surface area contributed by atoms with Crippen molar-refractivity contribution >= 4 is 22.4 Å². The van der Waals surface area contributed by atoms with E-state index in [1.807, 2.05) is 13.8 Å². The van der Waals surface area contributed by atoms with Crippen molar-refractivity contribution in [2.45, 2.75) is 26.4 Å². The molecule has 1 fully saturated rings. The molecule has 6 nitrogen and oxygen atoms in total. The number of piperazine rings is 1. The smallest absolute Gasteiger partial charge is 0.237 e. The summed E-state index contributed by atoms with van der Waals surface area (Å²) in [5.74, 6) is 0.0904. The third-order valence-corrected chi connectivity index (χ3v) is 3.62. The van der Waals surface area contributed by atoms with Gasteiger partial charge in [0.15, 0.2) is 0 Å². The summed E-state index contributed by atoms with van der Waals surface area (Å²) in [7, 11) is 0. The van der Waals surface area contributed by atoms with Crippen molar-refractivity contribution in [3.05, 3.63) is 5.01 Å². The number of carbonyl (C=O) groups is 1. The lowest BCUT2D eigenvalue weighted by Gasteiger charge is -2.31. The molecule has 1 aromatic heterocycles. The fourth-order valence-electron chi connectivity index (χ4n) is 1.76. The number of hydrogen-bond acceptors (Lipinski definition) is 6. The molecule has 2 heterocycles. The molecule has 0 bridgehead atoms. The molecular formula is C10H17N5OS. The van der Waals surface area contributed by atoms with E-state index in [-0.39, 0.29) is 11.9 Å². The second-order valence-corrected chi connectivity index (χ2v) is 5.03. The Morgan fingerprint density at radius 3 is 3.18 bits per heavy atom. The third-order valence-electron chi connectivity index (χ3n) is 2.76. The van der Waals surface area contributed by atoms with Gasteiger partial charge in [-0.05, 0) is 13.8 Å². The highest BCUT2D eigenvalue weighted by atomic mass is 32.1. The van der Waals surface area contributed by atoms with Gasteiger partial charge >= 0.3 is 0 Å². The first-order valence-corrected chi connectivity index (χ1v) is 6.60. The lowest BCUT2D eigenvalue weighted by molar-refractivity contribution is -0.128. The maximum Gasteiger partial charge on any atom is 0.237 e. The highest BCUT2D eigenvalue weighted by Crippen LogP contribution is 2.18. The van der Waals surface area contributed by atoms with Crippen LogP contribution in [0, 0.1) is 0 Å². The molecule has 0 aromatic carbocycles. The van der Waals surface area contributed by atoms with Gasteiger partial charge in [-0.25, -0.2) is 0 Å². The molecule has 17 heavy (non-hydrogen) atoms. The number of amides is 1. The van der Waals surface area contributed by atoms with E-state index in [2.05, 4.69) is 25.7 Å². The molecular weight excluding hydrogens is 238 g/mol. The summed E-state index contributed by atoms with van der Waals surface area (Å²) < 4.78 is 0. The first-order chi connectivity index (χ1) is 8.20. The van der Waals surface area contributed by atoms with E-state index in [1.165, 1.54) is 0 Å². The zero-order chi connectivity index (χ0) is 12.3. The van der Waals surface area contributed by atoms with Crippen molar-refractivity contribution in [3.8, 4) is 0 Å². The van der Waals surface area contributed by atoms with Gasteiger partial charge < -0.3 is 10.6 Å². The standard InChI is InChI=1S/C10H17N5OS/c1-3-11-10-14-13-8(17-10)6-15-5-4-12-9(16)7(15)2/h7H,3-6H2,1-2H3,(H,11,14)(H,12,16). The van der Waals surface area contributed by atoms with Gasteiger partial charge in [-0.1, -0.05) is 11.3 Å². The van der Waals surface area contributed by atoms with Crippen molar-refractivity contribution in [1.29, 1.82) is 0 Å². The van der Waals surface area contributed by atoms with Crippen molar-refractivity contribution in [2.24, 2.45) is 0 Å². The monoisotopic (exact) mass is 255 g/mol.